The molecule has 2 aliphatic rings. The van der Waals surface area contributed by atoms with Crippen molar-refractivity contribution < 1.29 is 24.1 Å². The van der Waals surface area contributed by atoms with Crippen molar-refractivity contribution in [3.05, 3.63) is 0 Å². The normalized spacial score (nSPS) is 50.4. The minimum atomic E-state index is -3.70. The molecule has 0 unspecified atom stereocenters. The number of piperidine rings is 2. The highest BCUT2D eigenvalue weighted by molar-refractivity contribution is 5.10. The molecule has 2 bridgehead atoms. The van der Waals surface area contributed by atoms with Crippen LogP contribution in [0.5, 0.6) is 0 Å². The third-order valence-corrected chi connectivity index (χ3v) is 3.73. The Balaban J connectivity index is 2.43. The van der Waals surface area contributed by atoms with Crippen molar-refractivity contribution in [3.8, 4) is 0 Å². The van der Waals surface area contributed by atoms with Crippen LogP contribution in [0.3, 0.4) is 0 Å². The molecule has 4 atom stereocenters. The van der Waals surface area contributed by atoms with E-state index in [4.69, 9.17) is 0 Å². The van der Waals surface area contributed by atoms with Crippen molar-refractivity contribution in [2.24, 2.45) is 0 Å². The third-order valence-electron chi connectivity index (χ3n) is 3.73. The molecule has 0 aromatic carbocycles. The molecule has 0 aromatic rings. The summed E-state index contributed by atoms with van der Waals surface area (Å²) >= 11 is 0. The highest BCUT2D eigenvalue weighted by Gasteiger charge is 2.68. The van der Waals surface area contributed by atoms with Crippen LogP contribution in [-0.2, 0) is 0 Å². The zero-order chi connectivity index (χ0) is 11.4. The highest BCUT2D eigenvalue weighted by atomic mass is 19.3. The van der Waals surface area contributed by atoms with Crippen LogP contribution >= 0.6 is 0 Å². The molecular weight excluding hydrogens is 208 g/mol. The second-order valence-electron chi connectivity index (χ2n) is 4.45. The van der Waals surface area contributed by atoms with E-state index in [1.54, 1.807) is 0 Å². The van der Waals surface area contributed by atoms with Gasteiger partial charge in [-0.15, -0.1) is 0 Å². The van der Waals surface area contributed by atoms with E-state index in [0.29, 0.717) is 12.8 Å². The minimum Gasteiger partial charge on any atom is -0.389 e. The lowest BCUT2D eigenvalue weighted by molar-refractivity contribution is -0.352. The predicted octanol–water partition coefficient (Wildman–Crippen LogP) is -0.470. The Kier molecular flexibility index (Phi) is 2.31. The van der Waals surface area contributed by atoms with Gasteiger partial charge in [0.15, 0.2) is 5.72 Å². The summed E-state index contributed by atoms with van der Waals surface area (Å²) in [6.07, 6.45) is -2.86. The van der Waals surface area contributed by atoms with E-state index in [0.717, 1.165) is 4.90 Å². The van der Waals surface area contributed by atoms with E-state index < -0.39 is 29.9 Å². The smallest absolute Gasteiger partial charge is 0.317 e. The van der Waals surface area contributed by atoms with Gasteiger partial charge in [0.1, 0.15) is 12.2 Å². The number of rotatable bonds is 0. The van der Waals surface area contributed by atoms with Gasteiger partial charge in [-0.2, -0.15) is 8.78 Å². The van der Waals surface area contributed by atoms with E-state index in [9.17, 15) is 24.1 Å². The van der Waals surface area contributed by atoms with Crippen molar-refractivity contribution >= 4 is 0 Å². The number of hydrogen-bond donors (Lipinski definition) is 3. The number of fused-ring (bicyclic) bond motifs is 2. The molecule has 2 fully saturated rings. The lowest BCUT2D eigenvalue weighted by atomic mass is 9.76. The fourth-order valence-corrected chi connectivity index (χ4v) is 2.67. The number of nitrogens with zero attached hydrogens (tertiary/aromatic N) is 1. The lowest BCUT2D eigenvalue weighted by Crippen LogP contribution is -2.77. The second kappa shape index (κ2) is 3.10. The zero-order valence-electron chi connectivity index (χ0n) is 8.40. The Hall–Kier alpha value is -0.300. The van der Waals surface area contributed by atoms with Crippen molar-refractivity contribution in [1.29, 1.82) is 0 Å². The molecule has 15 heavy (non-hydrogen) atoms. The van der Waals surface area contributed by atoms with E-state index >= 15 is 0 Å². The fourth-order valence-electron chi connectivity index (χ4n) is 2.67. The SMILES string of the molecule is CN1[C@@H]2CCC[C@@]1(O)C(F)(F)[C@H](O)[C@H]2O. The molecule has 0 aromatic heterocycles. The van der Waals surface area contributed by atoms with Crippen molar-refractivity contribution in [1.82, 2.24) is 4.90 Å². The second-order valence-corrected chi connectivity index (χ2v) is 4.45. The predicted molar refractivity (Wildman–Crippen MR) is 47.3 cm³/mol. The molecule has 0 radical (unpaired) electrons. The molecular formula is C9H15F2NO3. The van der Waals surface area contributed by atoms with Crippen molar-refractivity contribution in [3.63, 3.8) is 0 Å². The largest absolute Gasteiger partial charge is 0.389 e. The minimum absolute atomic E-state index is 0.0865. The van der Waals surface area contributed by atoms with Gasteiger partial charge >= 0.3 is 5.92 Å². The zero-order valence-corrected chi connectivity index (χ0v) is 8.40. The van der Waals surface area contributed by atoms with Crippen LogP contribution < -0.4 is 0 Å². The molecule has 0 saturated carbocycles. The summed E-state index contributed by atoms with van der Waals surface area (Å²) in [7, 11) is 1.35. The Bertz CT molecular complexity index is 274. The van der Waals surface area contributed by atoms with Crippen LogP contribution in [0.15, 0.2) is 0 Å². The molecule has 88 valence electrons. The maximum absolute atomic E-state index is 13.7. The summed E-state index contributed by atoms with van der Waals surface area (Å²) in [4.78, 5) is 1.09. The Morgan fingerprint density at radius 2 is 1.93 bits per heavy atom. The first-order valence-electron chi connectivity index (χ1n) is 5.01. The molecule has 3 N–H and O–H groups in total. The molecule has 0 aliphatic carbocycles. The molecule has 2 saturated heterocycles. The third kappa shape index (κ3) is 1.19. The number of aliphatic hydroxyl groups excluding tert-OH is 2. The molecule has 4 nitrogen and oxygen atoms in total. The van der Waals surface area contributed by atoms with Crippen molar-refractivity contribution in [2.45, 2.75) is 49.2 Å². The maximum Gasteiger partial charge on any atom is 0.317 e. The number of halogens is 2. The van der Waals surface area contributed by atoms with E-state index in [2.05, 4.69) is 0 Å². The van der Waals surface area contributed by atoms with Gasteiger partial charge in [0, 0.05) is 6.04 Å². The number of likely N-dealkylation sites (N-methyl/N-ethyl adjacent to an activating group) is 1. The van der Waals surface area contributed by atoms with Gasteiger partial charge in [0.25, 0.3) is 0 Å². The van der Waals surface area contributed by atoms with Gasteiger partial charge in [0.05, 0.1) is 0 Å². The summed E-state index contributed by atoms with van der Waals surface area (Å²) in [5.74, 6) is -3.70. The van der Waals surface area contributed by atoms with Crippen molar-refractivity contribution in [2.75, 3.05) is 7.05 Å². The molecule has 0 spiro atoms. The van der Waals surface area contributed by atoms with E-state index in [1.165, 1.54) is 7.05 Å². The standard InChI is InChI=1S/C9H15F2NO3/c1-12-5-3-2-4-8(12,15)9(10,11)7(14)6(5)13/h5-7,13-15H,2-4H2,1H3/t5-,6+,7-,8-/m1/s1. The van der Waals surface area contributed by atoms with Crippen LogP contribution in [0.25, 0.3) is 0 Å². The summed E-state index contributed by atoms with van der Waals surface area (Å²) in [6, 6.07) is -0.599. The fraction of sp³-hybridized carbons (Fsp3) is 1.00. The van der Waals surface area contributed by atoms with Crippen LogP contribution in [0.1, 0.15) is 19.3 Å². The number of alkyl halides is 2. The summed E-state index contributed by atoms with van der Waals surface area (Å²) < 4.78 is 27.3. The summed E-state index contributed by atoms with van der Waals surface area (Å²) in [5.41, 5.74) is -2.32. The molecule has 2 heterocycles. The number of aliphatic hydroxyl groups is 3. The van der Waals surface area contributed by atoms with Crippen LogP contribution in [0, 0.1) is 0 Å². The number of hydrogen-bond acceptors (Lipinski definition) is 4. The monoisotopic (exact) mass is 223 g/mol. The molecule has 2 aliphatic heterocycles. The van der Waals surface area contributed by atoms with Crippen LogP contribution in [0.4, 0.5) is 8.78 Å². The topological polar surface area (TPSA) is 63.9 Å². The van der Waals surface area contributed by atoms with Gasteiger partial charge in [0.2, 0.25) is 0 Å². The summed E-state index contributed by atoms with van der Waals surface area (Å²) in [5, 5.41) is 28.7. The first kappa shape index (κ1) is 11.2. The quantitative estimate of drug-likeness (QED) is 0.519. The lowest BCUT2D eigenvalue weighted by Gasteiger charge is -2.56. The van der Waals surface area contributed by atoms with Gasteiger partial charge < -0.3 is 15.3 Å². The van der Waals surface area contributed by atoms with Gasteiger partial charge in [-0.25, -0.2) is 0 Å². The average molecular weight is 223 g/mol. The first-order valence-corrected chi connectivity index (χ1v) is 5.01. The van der Waals surface area contributed by atoms with Gasteiger partial charge in [-0.05, 0) is 26.3 Å². The molecule has 2 rings (SSSR count). The Morgan fingerprint density at radius 3 is 2.53 bits per heavy atom. The molecule has 6 heteroatoms. The van der Waals surface area contributed by atoms with E-state index in [1.807, 2.05) is 0 Å². The Labute approximate surface area is 86.1 Å². The van der Waals surface area contributed by atoms with Gasteiger partial charge in [-0.3, -0.25) is 4.90 Å². The van der Waals surface area contributed by atoms with Crippen LogP contribution in [0.2, 0.25) is 0 Å². The molecule has 0 amide bonds. The van der Waals surface area contributed by atoms with Crippen LogP contribution in [-0.4, -0.2) is 57.2 Å². The summed E-state index contributed by atoms with van der Waals surface area (Å²) in [6.45, 7) is 0. The average Bonchev–Trinajstić information content (AvgIpc) is 2.18. The van der Waals surface area contributed by atoms with Gasteiger partial charge in [-0.1, -0.05) is 0 Å². The van der Waals surface area contributed by atoms with E-state index in [-0.39, 0.29) is 6.42 Å². The highest BCUT2D eigenvalue weighted by Crippen LogP contribution is 2.48. The maximum atomic E-state index is 13.7. The Morgan fingerprint density at radius 1 is 1.33 bits per heavy atom. The first-order chi connectivity index (χ1) is 6.82.